The van der Waals surface area contributed by atoms with Gasteiger partial charge < -0.3 is 10.1 Å². The summed E-state index contributed by atoms with van der Waals surface area (Å²) in [6.07, 6.45) is 5.36. The minimum absolute atomic E-state index is 0.0980. The largest absolute Gasteiger partial charge is 0.350 e. The lowest BCUT2D eigenvalue weighted by atomic mass is 10.1. The molecule has 2 fully saturated rings. The van der Waals surface area contributed by atoms with Crippen LogP contribution in [0.4, 0.5) is 0 Å². The van der Waals surface area contributed by atoms with Gasteiger partial charge in [-0.1, -0.05) is 50.2 Å². The van der Waals surface area contributed by atoms with E-state index in [9.17, 15) is 0 Å². The number of likely N-dealkylation sites (tertiary alicyclic amines) is 1. The fraction of sp³-hybridized carbons (Fsp3) is 0.519. The Morgan fingerprint density at radius 1 is 1.06 bits per heavy atom. The molecule has 0 spiro atoms. The number of nitrogens with zero attached hydrogens (tertiary/aromatic N) is 3. The third kappa shape index (κ3) is 5.30. The van der Waals surface area contributed by atoms with Crippen molar-refractivity contribution in [3.8, 4) is 0 Å². The average Bonchev–Trinajstić information content (AvgIpc) is 3.26. The van der Waals surface area contributed by atoms with Crippen LogP contribution in [0.15, 0.2) is 59.7 Å². The fourth-order valence-corrected chi connectivity index (χ4v) is 5.17. The molecule has 5 rings (SSSR count). The Kier molecular flexibility index (Phi) is 6.79. The van der Waals surface area contributed by atoms with Crippen LogP contribution < -0.4 is 5.32 Å². The molecule has 2 aromatic carbocycles. The van der Waals surface area contributed by atoms with E-state index in [4.69, 9.17) is 14.6 Å². The highest BCUT2D eigenvalue weighted by Gasteiger charge is 2.56. The van der Waals surface area contributed by atoms with E-state index < -0.39 is 0 Å². The summed E-state index contributed by atoms with van der Waals surface area (Å²) in [6.45, 7) is 11.1. The van der Waals surface area contributed by atoms with Crippen molar-refractivity contribution in [2.45, 2.75) is 39.9 Å². The van der Waals surface area contributed by atoms with E-state index in [2.05, 4.69) is 66.5 Å². The highest BCUT2D eigenvalue weighted by atomic mass is 16.8. The number of allylic oxidation sites excluding steroid dienone is 1. The van der Waals surface area contributed by atoms with Gasteiger partial charge in [-0.05, 0) is 65.6 Å². The predicted octanol–water partition coefficient (Wildman–Crippen LogP) is 4.24. The molecule has 33 heavy (non-hydrogen) atoms. The van der Waals surface area contributed by atoms with Crippen LogP contribution in [0.1, 0.15) is 26.3 Å². The van der Waals surface area contributed by atoms with E-state index in [-0.39, 0.29) is 12.6 Å². The van der Waals surface area contributed by atoms with Gasteiger partial charge >= 0.3 is 0 Å². The minimum atomic E-state index is -0.294. The van der Waals surface area contributed by atoms with Gasteiger partial charge in [-0.15, -0.1) is 0 Å². The maximum absolute atomic E-state index is 6.04. The zero-order chi connectivity index (χ0) is 22.8. The summed E-state index contributed by atoms with van der Waals surface area (Å²) in [4.78, 5) is 13.2. The lowest BCUT2D eigenvalue weighted by Crippen LogP contribution is -2.47. The predicted molar refractivity (Wildman–Crippen MR) is 132 cm³/mol. The Hall–Kier alpha value is -2.25. The molecule has 0 aromatic heterocycles. The first-order valence-electron chi connectivity index (χ1n) is 12.3. The smallest absolute Gasteiger partial charge is 0.201 e. The molecule has 4 atom stereocenters. The van der Waals surface area contributed by atoms with Gasteiger partial charge in [0.2, 0.25) is 6.29 Å². The van der Waals surface area contributed by atoms with Gasteiger partial charge in [-0.25, -0.2) is 9.90 Å². The molecule has 2 aliphatic heterocycles. The lowest BCUT2D eigenvalue weighted by molar-refractivity contribution is -0.283. The second-order valence-electron chi connectivity index (χ2n) is 10.0. The number of ether oxygens (including phenoxy) is 1. The van der Waals surface area contributed by atoms with Crippen LogP contribution in [-0.2, 0) is 16.1 Å². The first-order valence-corrected chi connectivity index (χ1v) is 12.3. The third-order valence-corrected chi connectivity index (χ3v) is 6.95. The Balaban J connectivity index is 1.07. The molecule has 6 nitrogen and oxygen atoms in total. The Morgan fingerprint density at radius 3 is 2.64 bits per heavy atom. The summed E-state index contributed by atoms with van der Waals surface area (Å²) in [5.74, 6) is 2.77. The zero-order valence-corrected chi connectivity index (χ0v) is 19.9. The molecule has 1 saturated heterocycles. The van der Waals surface area contributed by atoms with Gasteiger partial charge in [0.15, 0.2) is 6.29 Å². The van der Waals surface area contributed by atoms with Gasteiger partial charge in [-0.2, -0.15) is 0 Å². The number of piperidine rings is 1. The Morgan fingerprint density at radius 2 is 1.85 bits per heavy atom. The highest BCUT2D eigenvalue weighted by Crippen LogP contribution is 2.52. The minimum Gasteiger partial charge on any atom is -0.350 e. The second-order valence-corrected chi connectivity index (χ2v) is 10.0. The molecule has 3 aliphatic rings. The van der Waals surface area contributed by atoms with Crippen molar-refractivity contribution in [2.24, 2.45) is 28.7 Å². The van der Waals surface area contributed by atoms with Gasteiger partial charge in [0, 0.05) is 32.0 Å². The van der Waals surface area contributed by atoms with Gasteiger partial charge in [0.1, 0.15) is 0 Å². The Labute approximate surface area is 197 Å². The summed E-state index contributed by atoms with van der Waals surface area (Å²) < 4.78 is 5.79. The number of aliphatic imine (C=N–C) groups is 1. The molecule has 2 heterocycles. The summed E-state index contributed by atoms with van der Waals surface area (Å²) in [5.41, 5.74) is 1.35. The topological polar surface area (TPSA) is 49.3 Å². The highest BCUT2D eigenvalue weighted by molar-refractivity contribution is 5.82. The SMILES string of the molecule is CC(C)COC(C)ON1C=CC=NC1N1CC2C(CNCc3ccc4ccccc4c3)C2C1. The molecule has 0 radical (unpaired) electrons. The summed E-state index contributed by atoms with van der Waals surface area (Å²) in [7, 11) is 0. The van der Waals surface area contributed by atoms with Crippen LogP contribution in [0, 0.1) is 23.7 Å². The van der Waals surface area contributed by atoms with E-state index in [1.54, 1.807) is 0 Å². The molecular formula is C27H36N4O2. The maximum Gasteiger partial charge on any atom is 0.201 e. The molecule has 176 valence electrons. The van der Waals surface area contributed by atoms with E-state index in [0.29, 0.717) is 12.5 Å². The van der Waals surface area contributed by atoms with Crippen molar-refractivity contribution in [3.63, 3.8) is 0 Å². The molecule has 1 saturated carbocycles. The maximum atomic E-state index is 6.04. The van der Waals surface area contributed by atoms with Crippen molar-refractivity contribution in [1.82, 2.24) is 15.3 Å². The molecular weight excluding hydrogens is 412 g/mol. The fourth-order valence-electron chi connectivity index (χ4n) is 5.17. The second kappa shape index (κ2) is 9.94. The number of benzene rings is 2. The van der Waals surface area contributed by atoms with Crippen molar-refractivity contribution < 1.29 is 9.57 Å². The standard InChI is InChI=1S/C27H36N4O2/c1-19(2)18-32-20(3)33-31-12-6-11-29-27(31)30-16-25-24(26(25)17-30)15-28-14-21-9-10-22-7-4-5-8-23(22)13-21/h4-13,19-20,24-28H,14-18H2,1-3H3. The molecule has 0 amide bonds. The summed E-state index contributed by atoms with van der Waals surface area (Å²) >= 11 is 0. The number of hydrogen-bond acceptors (Lipinski definition) is 6. The molecule has 1 aliphatic carbocycles. The average molecular weight is 449 g/mol. The van der Waals surface area contributed by atoms with Crippen LogP contribution in [0.5, 0.6) is 0 Å². The van der Waals surface area contributed by atoms with Crippen LogP contribution in [-0.4, -0.2) is 55.0 Å². The number of rotatable bonds is 10. The third-order valence-electron chi connectivity index (χ3n) is 6.95. The van der Waals surface area contributed by atoms with Crippen molar-refractivity contribution >= 4 is 17.0 Å². The van der Waals surface area contributed by atoms with Crippen LogP contribution in [0.3, 0.4) is 0 Å². The van der Waals surface area contributed by atoms with Gasteiger partial charge in [0.05, 0.1) is 6.61 Å². The van der Waals surface area contributed by atoms with Crippen LogP contribution in [0.2, 0.25) is 0 Å². The van der Waals surface area contributed by atoms with E-state index in [1.165, 1.54) is 16.3 Å². The number of hydroxylamine groups is 2. The lowest BCUT2D eigenvalue weighted by Gasteiger charge is -2.36. The molecule has 4 unspecified atom stereocenters. The zero-order valence-electron chi connectivity index (χ0n) is 19.9. The van der Waals surface area contributed by atoms with Gasteiger partial charge in [-0.3, -0.25) is 9.89 Å². The molecule has 2 aromatic rings. The molecule has 1 N–H and O–H groups in total. The summed E-state index contributed by atoms with van der Waals surface area (Å²) in [6, 6.07) is 15.3. The van der Waals surface area contributed by atoms with E-state index in [1.807, 2.05) is 30.5 Å². The number of hydrogen-bond donors (Lipinski definition) is 1. The van der Waals surface area contributed by atoms with E-state index in [0.717, 1.165) is 43.9 Å². The first kappa shape index (κ1) is 22.5. The monoisotopic (exact) mass is 448 g/mol. The summed E-state index contributed by atoms with van der Waals surface area (Å²) in [5, 5.41) is 8.16. The molecule has 0 bridgehead atoms. The number of fused-ring (bicyclic) bond motifs is 2. The Bertz CT molecular complexity index is 995. The van der Waals surface area contributed by atoms with Crippen molar-refractivity contribution in [2.75, 3.05) is 26.2 Å². The van der Waals surface area contributed by atoms with Crippen molar-refractivity contribution in [1.29, 1.82) is 0 Å². The number of nitrogens with one attached hydrogen (secondary N) is 1. The van der Waals surface area contributed by atoms with Crippen LogP contribution >= 0.6 is 0 Å². The first-order chi connectivity index (χ1) is 16.1. The normalized spacial score (nSPS) is 27.5. The molecule has 6 heteroatoms. The quantitative estimate of drug-likeness (QED) is 0.551. The van der Waals surface area contributed by atoms with Gasteiger partial charge in [0.25, 0.3) is 0 Å². The van der Waals surface area contributed by atoms with Crippen LogP contribution in [0.25, 0.3) is 10.8 Å². The van der Waals surface area contributed by atoms with Crippen molar-refractivity contribution in [3.05, 3.63) is 60.3 Å². The van der Waals surface area contributed by atoms with E-state index >= 15 is 0 Å².